The number of amides is 2. The highest BCUT2D eigenvalue weighted by Gasteiger charge is 2.15. The van der Waals surface area contributed by atoms with Gasteiger partial charge in [0.25, 0.3) is 0 Å². The summed E-state index contributed by atoms with van der Waals surface area (Å²) in [6, 6.07) is 5.04. The lowest BCUT2D eigenvalue weighted by atomic mass is 10.1. The van der Waals surface area contributed by atoms with Crippen molar-refractivity contribution in [3.05, 3.63) is 29.3 Å². The van der Waals surface area contributed by atoms with E-state index in [1.165, 1.54) is 26.0 Å². The van der Waals surface area contributed by atoms with Gasteiger partial charge in [0.05, 0.1) is 24.9 Å². The third-order valence-electron chi connectivity index (χ3n) is 2.77. The maximum atomic E-state index is 11.8. The second-order valence-electron chi connectivity index (χ2n) is 4.46. The molecule has 0 unspecified atom stereocenters. The molecule has 2 amide bonds. The summed E-state index contributed by atoms with van der Waals surface area (Å²) in [6.07, 6.45) is 0. The normalized spacial score (nSPS) is 9.80. The van der Waals surface area contributed by atoms with Crippen LogP contribution in [-0.4, -0.2) is 43.4 Å². The number of methoxy groups -OCH3 is 1. The van der Waals surface area contributed by atoms with Crippen molar-refractivity contribution in [3.63, 3.8) is 0 Å². The first-order valence-corrected chi connectivity index (χ1v) is 6.05. The van der Waals surface area contributed by atoms with Crippen LogP contribution in [-0.2, 0) is 14.3 Å². The van der Waals surface area contributed by atoms with Crippen LogP contribution in [0.4, 0.5) is 5.69 Å². The topological polar surface area (TPSA) is 75.7 Å². The minimum atomic E-state index is -0.524. The number of likely N-dealkylation sites (N-methyl/N-ethyl adjacent to an activating group) is 1. The Morgan fingerprint density at radius 3 is 2.50 bits per heavy atom. The summed E-state index contributed by atoms with van der Waals surface area (Å²) >= 11 is 0. The maximum Gasteiger partial charge on any atom is 0.339 e. The average Bonchev–Trinajstić information content (AvgIpc) is 2.39. The number of hydrogen-bond donors (Lipinski definition) is 1. The minimum Gasteiger partial charge on any atom is -0.465 e. The second kappa shape index (κ2) is 6.70. The molecule has 0 atom stereocenters. The van der Waals surface area contributed by atoms with Crippen LogP contribution < -0.4 is 5.32 Å². The van der Waals surface area contributed by atoms with E-state index < -0.39 is 5.97 Å². The van der Waals surface area contributed by atoms with Gasteiger partial charge in [0.1, 0.15) is 0 Å². The van der Waals surface area contributed by atoms with Crippen LogP contribution in [0.3, 0.4) is 0 Å². The summed E-state index contributed by atoms with van der Waals surface area (Å²) in [5.74, 6) is -1.11. The number of benzene rings is 1. The monoisotopic (exact) mass is 278 g/mol. The van der Waals surface area contributed by atoms with Crippen molar-refractivity contribution in [2.24, 2.45) is 0 Å². The van der Waals surface area contributed by atoms with Crippen molar-refractivity contribution in [2.45, 2.75) is 13.8 Å². The summed E-state index contributed by atoms with van der Waals surface area (Å²) in [4.78, 5) is 35.8. The molecule has 0 aliphatic rings. The molecular weight excluding hydrogens is 260 g/mol. The molecule has 1 rings (SSSR count). The molecule has 0 radical (unpaired) electrons. The van der Waals surface area contributed by atoms with Gasteiger partial charge in [-0.3, -0.25) is 9.59 Å². The Morgan fingerprint density at radius 2 is 1.95 bits per heavy atom. The molecule has 1 aromatic rings. The summed E-state index contributed by atoms with van der Waals surface area (Å²) in [5, 5.41) is 2.61. The lowest BCUT2D eigenvalue weighted by molar-refractivity contribution is -0.131. The van der Waals surface area contributed by atoms with E-state index in [0.29, 0.717) is 5.69 Å². The predicted octanol–water partition coefficient (Wildman–Crippen LogP) is 1.20. The lowest BCUT2D eigenvalue weighted by Gasteiger charge is -2.15. The summed E-state index contributed by atoms with van der Waals surface area (Å²) in [5.41, 5.74) is 1.53. The zero-order valence-electron chi connectivity index (χ0n) is 12.0. The number of carbonyl (C=O) groups is 3. The third-order valence-corrected chi connectivity index (χ3v) is 2.77. The fourth-order valence-corrected chi connectivity index (χ4v) is 1.56. The van der Waals surface area contributed by atoms with Gasteiger partial charge in [0.2, 0.25) is 11.8 Å². The highest BCUT2D eigenvalue weighted by Crippen LogP contribution is 2.18. The number of anilines is 1. The fourth-order valence-electron chi connectivity index (χ4n) is 1.56. The van der Waals surface area contributed by atoms with Crippen LogP contribution in [0.2, 0.25) is 0 Å². The minimum absolute atomic E-state index is 0.0795. The van der Waals surface area contributed by atoms with Crippen molar-refractivity contribution in [1.82, 2.24) is 4.90 Å². The van der Waals surface area contributed by atoms with Gasteiger partial charge in [-0.05, 0) is 19.1 Å². The lowest BCUT2D eigenvalue weighted by Crippen LogP contribution is -2.33. The molecule has 0 aliphatic carbocycles. The number of rotatable bonds is 4. The number of ether oxygens (including phenoxy) is 1. The highest BCUT2D eigenvalue weighted by atomic mass is 16.5. The average molecular weight is 278 g/mol. The predicted molar refractivity (Wildman–Crippen MR) is 74.5 cm³/mol. The maximum absolute atomic E-state index is 11.8. The van der Waals surface area contributed by atoms with E-state index in [-0.39, 0.29) is 23.9 Å². The van der Waals surface area contributed by atoms with Gasteiger partial charge in [0.15, 0.2) is 0 Å². The highest BCUT2D eigenvalue weighted by molar-refractivity contribution is 6.02. The first-order chi connectivity index (χ1) is 9.35. The van der Waals surface area contributed by atoms with Gasteiger partial charge < -0.3 is 15.0 Å². The van der Waals surface area contributed by atoms with Crippen LogP contribution in [0.15, 0.2) is 18.2 Å². The van der Waals surface area contributed by atoms with Crippen LogP contribution in [0.1, 0.15) is 22.8 Å². The molecular formula is C14H18N2O4. The van der Waals surface area contributed by atoms with Gasteiger partial charge in [-0.2, -0.15) is 0 Å². The number of hydrogen-bond acceptors (Lipinski definition) is 4. The molecule has 20 heavy (non-hydrogen) atoms. The first kappa shape index (κ1) is 15.7. The Morgan fingerprint density at radius 1 is 1.30 bits per heavy atom. The Balaban J connectivity index is 2.89. The van der Waals surface area contributed by atoms with Crippen molar-refractivity contribution < 1.29 is 19.1 Å². The van der Waals surface area contributed by atoms with E-state index in [9.17, 15) is 14.4 Å². The van der Waals surface area contributed by atoms with Gasteiger partial charge in [-0.25, -0.2) is 4.79 Å². The molecule has 0 bridgehead atoms. The van der Waals surface area contributed by atoms with Crippen molar-refractivity contribution in [2.75, 3.05) is 26.0 Å². The first-order valence-electron chi connectivity index (χ1n) is 6.05. The van der Waals surface area contributed by atoms with Gasteiger partial charge in [-0.1, -0.05) is 11.6 Å². The summed E-state index contributed by atoms with van der Waals surface area (Å²) in [7, 11) is 2.80. The second-order valence-corrected chi connectivity index (χ2v) is 4.46. The molecule has 0 saturated carbocycles. The van der Waals surface area contributed by atoms with Crippen molar-refractivity contribution >= 4 is 23.5 Å². The number of aryl methyl sites for hydroxylation is 1. The fraction of sp³-hybridized carbons (Fsp3) is 0.357. The molecule has 0 spiro atoms. The zero-order chi connectivity index (χ0) is 15.3. The van der Waals surface area contributed by atoms with E-state index in [2.05, 4.69) is 10.1 Å². The van der Waals surface area contributed by atoms with Gasteiger partial charge in [0, 0.05) is 14.0 Å². The molecule has 0 fully saturated rings. The number of nitrogens with one attached hydrogen (secondary N) is 1. The van der Waals surface area contributed by atoms with E-state index in [1.54, 1.807) is 18.2 Å². The van der Waals surface area contributed by atoms with E-state index in [1.807, 2.05) is 6.92 Å². The zero-order valence-corrected chi connectivity index (χ0v) is 12.0. The number of carbonyl (C=O) groups excluding carboxylic acids is 3. The Bertz CT molecular complexity index is 540. The Hall–Kier alpha value is -2.37. The molecule has 1 aromatic carbocycles. The van der Waals surface area contributed by atoms with Crippen LogP contribution in [0.5, 0.6) is 0 Å². The Kier molecular flexibility index (Phi) is 5.25. The quantitative estimate of drug-likeness (QED) is 0.840. The van der Waals surface area contributed by atoms with Crippen LogP contribution in [0.25, 0.3) is 0 Å². The van der Waals surface area contributed by atoms with E-state index in [4.69, 9.17) is 0 Å². The SMILES string of the molecule is COC(=O)c1cc(C)ccc1NC(=O)CN(C)C(C)=O. The molecule has 0 aromatic heterocycles. The van der Waals surface area contributed by atoms with Crippen molar-refractivity contribution in [1.29, 1.82) is 0 Å². The molecule has 0 saturated heterocycles. The van der Waals surface area contributed by atoms with E-state index >= 15 is 0 Å². The molecule has 0 aliphatic heterocycles. The standard InChI is InChI=1S/C14H18N2O4/c1-9-5-6-12(11(7-9)14(19)20-4)15-13(18)8-16(3)10(2)17/h5-7H,8H2,1-4H3,(H,15,18). The molecule has 0 heterocycles. The number of esters is 1. The molecule has 6 nitrogen and oxygen atoms in total. The van der Waals surface area contributed by atoms with Crippen molar-refractivity contribution in [3.8, 4) is 0 Å². The molecule has 6 heteroatoms. The Labute approximate surface area is 117 Å². The summed E-state index contributed by atoms with van der Waals surface area (Å²) in [6.45, 7) is 3.13. The third kappa shape index (κ3) is 4.08. The van der Waals surface area contributed by atoms with Crippen LogP contribution in [0, 0.1) is 6.92 Å². The van der Waals surface area contributed by atoms with Crippen LogP contribution >= 0.6 is 0 Å². The van der Waals surface area contributed by atoms with Gasteiger partial charge >= 0.3 is 5.97 Å². The molecule has 1 N–H and O–H groups in total. The largest absolute Gasteiger partial charge is 0.465 e. The van der Waals surface area contributed by atoms with Gasteiger partial charge in [-0.15, -0.1) is 0 Å². The summed E-state index contributed by atoms with van der Waals surface area (Å²) < 4.78 is 4.68. The van der Waals surface area contributed by atoms with E-state index in [0.717, 1.165) is 5.56 Å². The molecule has 108 valence electrons. The number of nitrogens with zero attached hydrogens (tertiary/aromatic N) is 1. The smallest absolute Gasteiger partial charge is 0.339 e.